The molecule has 4 N–H and O–H groups in total. The standard InChI is InChI=1S/C12H17N3O3/c1-7-8(2-3-18-7)5-14-11-10(13)4-9(6-15-11)12(16)17/h4,6-8H,2-3,5,13H2,1H3,(H,14,15)(H,16,17). The van der Waals surface area contributed by atoms with Crippen molar-refractivity contribution in [3.63, 3.8) is 0 Å². The summed E-state index contributed by atoms with van der Waals surface area (Å²) in [6.07, 6.45) is 2.55. The maximum absolute atomic E-state index is 10.7. The highest BCUT2D eigenvalue weighted by atomic mass is 16.5. The Balaban J connectivity index is 1.99. The molecule has 0 amide bonds. The summed E-state index contributed by atoms with van der Waals surface area (Å²) in [6.45, 7) is 3.56. The molecule has 18 heavy (non-hydrogen) atoms. The number of hydrogen-bond donors (Lipinski definition) is 3. The molecule has 2 rings (SSSR count). The molecular weight excluding hydrogens is 234 g/mol. The van der Waals surface area contributed by atoms with Gasteiger partial charge in [0.15, 0.2) is 0 Å². The molecule has 0 spiro atoms. The third-order valence-corrected chi connectivity index (χ3v) is 3.23. The van der Waals surface area contributed by atoms with Gasteiger partial charge in [-0.1, -0.05) is 0 Å². The van der Waals surface area contributed by atoms with E-state index in [4.69, 9.17) is 15.6 Å². The zero-order chi connectivity index (χ0) is 13.1. The Morgan fingerprint density at radius 3 is 3.06 bits per heavy atom. The van der Waals surface area contributed by atoms with E-state index in [0.717, 1.165) is 19.6 Å². The zero-order valence-electron chi connectivity index (χ0n) is 10.2. The van der Waals surface area contributed by atoms with Gasteiger partial charge >= 0.3 is 5.97 Å². The minimum Gasteiger partial charge on any atom is -0.478 e. The number of anilines is 2. The van der Waals surface area contributed by atoms with Crippen LogP contribution in [-0.2, 0) is 4.74 Å². The van der Waals surface area contributed by atoms with Crippen LogP contribution in [0.4, 0.5) is 11.5 Å². The Morgan fingerprint density at radius 2 is 2.50 bits per heavy atom. The first-order valence-electron chi connectivity index (χ1n) is 5.92. The van der Waals surface area contributed by atoms with Crippen molar-refractivity contribution in [3.8, 4) is 0 Å². The summed E-state index contributed by atoms with van der Waals surface area (Å²) < 4.78 is 5.47. The third-order valence-electron chi connectivity index (χ3n) is 3.23. The van der Waals surface area contributed by atoms with Gasteiger partial charge in [-0.15, -0.1) is 0 Å². The summed E-state index contributed by atoms with van der Waals surface area (Å²) in [4.78, 5) is 14.8. The van der Waals surface area contributed by atoms with E-state index in [2.05, 4.69) is 10.3 Å². The normalized spacial score (nSPS) is 22.9. The van der Waals surface area contributed by atoms with Crippen molar-refractivity contribution >= 4 is 17.5 Å². The fourth-order valence-corrected chi connectivity index (χ4v) is 2.02. The van der Waals surface area contributed by atoms with Crippen LogP contribution in [0, 0.1) is 5.92 Å². The second kappa shape index (κ2) is 5.22. The van der Waals surface area contributed by atoms with Gasteiger partial charge < -0.3 is 20.9 Å². The molecule has 2 atom stereocenters. The van der Waals surface area contributed by atoms with Crippen LogP contribution >= 0.6 is 0 Å². The van der Waals surface area contributed by atoms with Gasteiger partial charge in [-0.25, -0.2) is 9.78 Å². The number of rotatable bonds is 4. The maximum atomic E-state index is 10.7. The number of carboxylic acids is 1. The van der Waals surface area contributed by atoms with E-state index in [1.807, 2.05) is 6.92 Å². The molecule has 1 aromatic rings. The van der Waals surface area contributed by atoms with Crippen molar-refractivity contribution in [1.29, 1.82) is 0 Å². The van der Waals surface area contributed by atoms with E-state index in [-0.39, 0.29) is 11.7 Å². The summed E-state index contributed by atoms with van der Waals surface area (Å²) in [7, 11) is 0. The minimum absolute atomic E-state index is 0.0932. The lowest BCUT2D eigenvalue weighted by molar-refractivity contribution is 0.0696. The van der Waals surface area contributed by atoms with Gasteiger partial charge in [0.2, 0.25) is 0 Å². The molecule has 1 aliphatic rings. The number of nitrogens with one attached hydrogen (secondary N) is 1. The Labute approximate surface area is 105 Å². The predicted molar refractivity (Wildman–Crippen MR) is 67.6 cm³/mol. The number of ether oxygens (including phenoxy) is 1. The molecule has 6 heteroatoms. The highest BCUT2D eigenvalue weighted by molar-refractivity contribution is 5.89. The molecule has 2 unspecified atom stereocenters. The largest absolute Gasteiger partial charge is 0.478 e. The number of carboxylic acid groups (broad SMARTS) is 1. The van der Waals surface area contributed by atoms with Gasteiger partial charge in [-0.3, -0.25) is 0 Å². The number of nitrogens with two attached hydrogens (primary N) is 1. The van der Waals surface area contributed by atoms with Crippen LogP contribution in [0.15, 0.2) is 12.3 Å². The summed E-state index contributed by atoms with van der Waals surface area (Å²) in [5, 5.41) is 11.9. The lowest BCUT2D eigenvalue weighted by Crippen LogP contribution is -2.21. The van der Waals surface area contributed by atoms with E-state index >= 15 is 0 Å². The van der Waals surface area contributed by atoms with Gasteiger partial charge in [-0.2, -0.15) is 0 Å². The van der Waals surface area contributed by atoms with E-state index in [1.54, 1.807) is 0 Å². The van der Waals surface area contributed by atoms with Crippen molar-refractivity contribution in [2.24, 2.45) is 5.92 Å². The van der Waals surface area contributed by atoms with Crippen LogP contribution < -0.4 is 11.1 Å². The van der Waals surface area contributed by atoms with Crippen molar-refractivity contribution in [3.05, 3.63) is 17.8 Å². The van der Waals surface area contributed by atoms with Crippen LogP contribution in [-0.4, -0.2) is 35.3 Å². The molecule has 1 aromatic heterocycles. The van der Waals surface area contributed by atoms with Crippen LogP contribution in [0.2, 0.25) is 0 Å². The number of nitrogens with zero attached hydrogens (tertiary/aromatic N) is 1. The summed E-state index contributed by atoms with van der Waals surface area (Å²) in [6, 6.07) is 1.41. The average molecular weight is 251 g/mol. The lowest BCUT2D eigenvalue weighted by Gasteiger charge is -2.16. The lowest BCUT2D eigenvalue weighted by atomic mass is 10.0. The SMILES string of the molecule is CC1OCCC1CNc1ncc(C(=O)O)cc1N. The number of carbonyl (C=O) groups is 1. The van der Waals surface area contributed by atoms with Gasteiger partial charge in [0.05, 0.1) is 17.4 Å². The van der Waals surface area contributed by atoms with Gasteiger partial charge in [-0.05, 0) is 19.4 Å². The molecular formula is C12H17N3O3. The molecule has 6 nitrogen and oxygen atoms in total. The van der Waals surface area contributed by atoms with Crippen LogP contribution in [0.5, 0.6) is 0 Å². The fraction of sp³-hybridized carbons (Fsp3) is 0.500. The smallest absolute Gasteiger partial charge is 0.337 e. The van der Waals surface area contributed by atoms with Crippen molar-refractivity contribution < 1.29 is 14.6 Å². The zero-order valence-corrected chi connectivity index (χ0v) is 10.2. The highest BCUT2D eigenvalue weighted by Gasteiger charge is 2.24. The molecule has 0 bridgehead atoms. The quantitative estimate of drug-likeness (QED) is 0.744. The average Bonchev–Trinajstić information content (AvgIpc) is 2.73. The molecule has 1 saturated heterocycles. The first kappa shape index (κ1) is 12.6. The van der Waals surface area contributed by atoms with E-state index < -0.39 is 5.97 Å². The second-order valence-electron chi connectivity index (χ2n) is 4.47. The molecule has 98 valence electrons. The van der Waals surface area contributed by atoms with E-state index in [9.17, 15) is 4.79 Å². The molecule has 1 fully saturated rings. The summed E-state index contributed by atoms with van der Waals surface area (Å²) in [5.74, 6) is -0.0667. The number of pyridine rings is 1. The van der Waals surface area contributed by atoms with Crippen molar-refractivity contribution in [1.82, 2.24) is 4.98 Å². The number of nitrogen functional groups attached to an aromatic ring is 1. The maximum Gasteiger partial charge on any atom is 0.337 e. The predicted octanol–water partition coefficient (Wildman–Crippen LogP) is 1.20. The van der Waals surface area contributed by atoms with E-state index in [0.29, 0.717) is 17.4 Å². The first-order valence-corrected chi connectivity index (χ1v) is 5.92. The Kier molecular flexibility index (Phi) is 3.66. The number of aromatic carboxylic acids is 1. The number of aromatic nitrogens is 1. The Hall–Kier alpha value is -1.82. The van der Waals surface area contributed by atoms with Gasteiger partial charge in [0.1, 0.15) is 5.82 Å². The minimum atomic E-state index is -1.03. The highest BCUT2D eigenvalue weighted by Crippen LogP contribution is 2.22. The topological polar surface area (TPSA) is 97.5 Å². The van der Waals surface area contributed by atoms with Crippen LogP contribution in [0.3, 0.4) is 0 Å². The molecule has 2 heterocycles. The second-order valence-corrected chi connectivity index (χ2v) is 4.47. The summed E-state index contributed by atoms with van der Waals surface area (Å²) in [5.41, 5.74) is 6.20. The molecule has 0 radical (unpaired) electrons. The van der Waals surface area contributed by atoms with Gasteiger partial charge in [0.25, 0.3) is 0 Å². The number of hydrogen-bond acceptors (Lipinski definition) is 5. The Bertz CT molecular complexity index is 450. The molecule has 1 aliphatic heterocycles. The Morgan fingerprint density at radius 1 is 1.72 bits per heavy atom. The van der Waals surface area contributed by atoms with Crippen molar-refractivity contribution in [2.45, 2.75) is 19.4 Å². The van der Waals surface area contributed by atoms with Gasteiger partial charge in [0, 0.05) is 25.3 Å². The fourth-order valence-electron chi connectivity index (χ4n) is 2.02. The van der Waals surface area contributed by atoms with Crippen LogP contribution in [0.25, 0.3) is 0 Å². The monoisotopic (exact) mass is 251 g/mol. The molecule has 0 aliphatic carbocycles. The van der Waals surface area contributed by atoms with Crippen molar-refractivity contribution in [2.75, 3.05) is 24.2 Å². The summed E-state index contributed by atoms with van der Waals surface area (Å²) >= 11 is 0. The first-order chi connectivity index (χ1) is 8.58. The third kappa shape index (κ3) is 2.70. The van der Waals surface area contributed by atoms with Crippen LogP contribution in [0.1, 0.15) is 23.7 Å². The molecule has 0 saturated carbocycles. The van der Waals surface area contributed by atoms with E-state index in [1.165, 1.54) is 12.3 Å². The molecule has 0 aromatic carbocycles.